The van der Waals surface area contributed by atoms with Crippen LogP contribution in [0.1, 0.15) is 44.1 Å². The van der Waals surface area contributed by atoms with Gasteiger partial charge in [-0.15, -0.1) is 0 Å². The van der Waals surface area contributed by atoms with Gasteiger partial charge in [0.15, 0.2) is 0 Å². The van der Waals surface area contributed by atoms with Crippen molar-refractivity contribution in [2.45, 2.75) is 50.6 Å². The van der Waals surface area contributed by atoms with E-state index in [0.717, 1.165) is 35.7 Å². The zero-order valence-corrected chi connectivity index (χ0v) is 13.0. The molecule has 0 atom stereocenters. The predicted molar refractivity (Wildman–Crippen MR) is 80.6 cm³/mol. The fourth-order valence-electron chi connectivity index (χ4n) is 2.69. The minimum atomic E-state index is -0.360. The maximum atomic E-state index is 13.2. The standard InChI is InChI=1S/C15H20BrFN2O/c16-13-5-4-12(17)8-11(13)10-19-14(20)9-15(18)6-2-1-3-7-15/h4-5,8H,1-3,6-7,9-10,18H2,(H,19,20). The van der Waals surface area contributed by atoms with Gasteiger partial charge in [0.2, 0.25) is 5.91 Å². The van der Waals surface area contributed by atoms with E-state index in [1.807, 2.05) is 0 Å². The van der Waals surface area contributed by atoms with Crippen LogP contribution < -0.4 is 11.1 Å². The predicted octanol–water partition coefficient (Wildman–Crippen LogP) is 3.26. The molecule has 3 nitrogen and oxygen atoms in total. The summed E-state index contributed by atoms with van der Waals surface area (Å²) >= 11 is 3.35. The highest BCUT2D eigenvalue weighted by Crippen LogP contribution is 2.28. The van der Waals surface area contributed by atoms with Crippen LogP contribution in [0.2, 0.25) is 0 Å². The van der Waals surface area contributed by atoms with Crippen LogP contribution in [0.25, 0.3) is 0 Å². The first-order chi connectivity index (χ1) is 9.48. The maximum absolute atomic E-state index is 13.2. The van der Waals surface area contributed by atoms with Gasteiger partial charge in [-0.3, -0.25) is 4.79 Å². The van der Waals surface area contributed by atoms with Gasteiger partial charge >= 0.3 is 0 Å². The Hall–Kier alpha value is -0.940. The molecule has 1 aromatic rings. The molecule has 1 saturated carbocycles. The van der Waals surface area contributed by atoms with Crippen LogP contribution in [0, 0.1) is 5.82 Å². The summed E-state index contributed by atoms with van der Waals surface area (Å²) in [6.45, 7) is 0.313. The normalized spacial score (nSPS) is 17.8. The number of amides is 1. The third-order valence-electron chi connectivity index (χ3n) is 3.85. The number of rotatable bonds is 4. The molecular formula is C15H20BrFN2O. The molecule has 0 saturated heterocycles. The number of hydrogen-bond acceptors (Lipinski definition) is 2. The summed E-state index contributed by atoms with van der Waals surface area (Å²) in [5, 5.41) is 2.82. The van der Waals surface area contributed by atoms with E-state index in [1.54, 1.807) is 6.07 Å². The highest BCUT2D eigenvalue weighted by molar-refractivity contribution is 9.10. The molecule has 1 aromatic carbocycles. The number of nitrogens with two attached hydrogens (primary N) is 1. The molecule has 0 radical (unpaired) electrons. The molecule has 20 heavy (non-hydrogen) atoms. The lowest BCUT2D eigenvalue weighted by molar-refractivity contribution is -0.122. The first-order valence-corrected chi connectivity index (χ1v) is 7.77. The second kappa shape index (κ2) is 6.68. The second-order valence-electron chi connectivity index (χ2n) is 5.61. The molecule has 3 N–H and O–H groups in total. The second-order valence-corrected chi connectivity index (χ2v) is 6.47. The van der Waals surface area contributed by atoms with E-state index in [2.05, 4.69) is 21.2 Å². The molecule has 5 heteroatoms. The molecule has 0 unspecified atom stereocenters. The van der Waals surface area contributed by atoms with Gasteiger partial charge in [0.25, 0.3) is 0 Å². The minimum absolute atomic E-state index is 0.0643. The van der Waals surface area contributed by atoms with Crippen LogP contribution in [0.3, 0.4) is 0 Å². The summed E-state index contributed by atoms with van der Waals surface area (Å²) < 4.78 is 13.9. The fourth-order valence-corrected chi connectivity index (χ4v) is 3.07. The Bertz CT molecular complexity index is 487. The number of carbonyl (C=O) groups excluding carboxylic acids is 1. The van der Waals surface area contributed by atoms with Gasteiger partial charge in [-0.1, -0.05) is 35.2 Å². The molecule has 1 amide bonds. The highest BCUT2D eigenvalue weighted by atomic mass is 79.9. The number of hydrogen-bond donors (Lipinski definition) is 2. The van der Waals surface area contributed by atoms with E-state index in [9.17, 15) is 9.18 Å². The van der Waals surface area contributed by atoms with Crippen LogP contribution in [0.5, 0.6) is 0 Å². The molecule has 0 heterocycles. The van der Waals surface area contributed by atoms with E-state index in [1.165, 1.54) is 18.6 Å². The van der Waals surface area contributed by atoms with Crippen LogP contribution in [-0.4, -0.2) is 11.4 Å². The number of carbonyl (C=O) groups is 1. The molecule has 0 bridgehead atoms. The zero-order valence-electron chi connectivity index (χ0n) is 11.4. The summed E-state index contributed by atoms with van der Waals surface area (Å²) in [4.78, 5) is 12.0. The summed E-state index contributed by atoms with van der Waals surface area (Å²) in [6, 6.07) is 4.44. The first kappa shape index (κ1) is 15.4. The highest BCUT2D eigenvalue weighted by Gasteiger charge is 2.29. The molecule has 0 spiro atoms. The third kappa shape index (κ3) is 4.28. The maximum Gasteiger partial charge on any atom is 0.222 e. The van der Waals surface area contributed by atoms with Gasteiger partial charge in [0.05, 0.1) is 0 Å². The van der Waals surface area contributed by atoms with Crippen molar-refractivity contribution in [1.29, 1.82) is 0 Å². The quantitative estimate of drug-likeness (QED) is 0.882. The van der Waals surface area contributed by atoms with Gasteiger partial charge in [0, 0.05) is 23.0 Å². The Kier molecular flexibility index (Phi) is 5.16. The number of benzene rings is 1. The Morgan fingerprint density at radius 3 is 2.75 bits per heavy atom. The third-order valence-corrected chi connectivity index (χ3v) is 4.62. The van der Waals surface area contributed by atoms with Gasteiger partial charge in [-0.25, -0.2) is 4.39 Å². The van der Waals surface area contributed by atoms with Crippen molar-refractivity contribution in [3.05, 3.63) is 34.1 Å². The Labute approximate surface area is 127 Å². The lowest BCUT2D eigenvalue weighted by Crippen LogP contribution is -2.45. The lowest BCUT2D eigenvalue weighted by atomic mass is 9.80. The van der Waals surface area contributed by atoms with Crippen molar-refractivity contribution in [2.24, 2.45) is 5.73 Å². The fraction of sp³-hybridized carbons (Fsp3) is 0.533. The van der Waals surface area contributed by atoms with E-state index >= 15 is 0 Å². The summed E-state index contributed by atoms with van der Waals surface area (Å²) in [6.07, 6.45) is 5.56. The summed E-state index contributed by atoms with van der Waals surface area (Å²) in [5.74, 6) is -0.370. The molecule has 1 aliphatic carbocycles. The van der Waals surface area contributed by atoms with Crippen molar-refractivity contribution < 1.29 is 9.18 Å². The van der Waals surface area contributed by atoms with E-state index in [-0.39, 0.29) is 17.3 Å². The lowest BCUT2D eigenvalue weighted by Gasteiger charge is -2.32. The molecule has 1 aliphatic rings. The van der Waals surface area contributed by atoms with Gasteiger partial charge < -0.3 is 11.1 Å². The average Bonchev–Trinajstić information content (AvgIpc) is 2.40. The Balaban J connectivity index is 1.87. The largest absolute Gasteiger partial charge is 0.352 e. The van der Waals surface area contributed by atoms with Crippen molar-refractivity contribution in [1.82, 2.24) is 5.32 Å². The molecule has 110 valence electrons. The smallest absolute Gasteiger partial charge is 0.222 e. The molecule has 0 aromatic heterocycles. The first-order valence-electron chi connectivity index (χ1n) is 6.98. The van der Waals surface area contributed by atoms with Crippen molar-refractivity contribution in [3.63, 3.8) is 0 Å². The van der Waals surface area contributed by atoms with Crippen LogP contribution >= 0.6 is 15.9 Å². The van der Waals surface area contributed by atoms with Gasteiger partial charge in [-0.05, 0) is 36.6 Å². The molecular weight excluding hydrogens is 323 g/mol. The van der Waals surface area contributed by atoms with E-state index < -0.39 is 0 Å². The Morgan fingerprint density at radius 2 is 2.05 bits per heavy atom. The Morgan fingerprint density at radius 1 is 1.35 bits per heavy atom. The van der Waals surface area contributed by atoms with Gasteiger partial charge in [-0.2, -0.15) is 0 Å². The SMILES string of the molecule is NC1(CC(=O)NCc2cc(F)ccc2Br)CCCCC1. The van der Waals surface area contributed by atoms with Crippen molar-refractivity contribution >= 4 is 21.8 Å². The summed E-state index contributed by atoms with van der Waals surface area (Å²) in [7, 11) is 0. The van der Waals surface area contributed by atoms with Crippen LogP contribution in [-0.2, 0) is 11.3 Å². The topological polar surface area (TPSA) is 55.1 Å². The van der Waals surface area contributed by atoms with Crippen LogP contribution in [0.4, 0.5) is 4.39 Å². The van der Waals surface area contributed by atoms with E-state index in [0.29, 0.717) is 13.0 Å². The van der Waals surface area contributed by atoms with E-state index in [4.69, 9.17) is 5.73 Å². The monoisotopic (exact) mass is 342 g/mol. The van der Waals surface area contributed by atoms with Gasteiger partial charge in [0.1, 0.15) is 5.82 Å². The van der Waals surface area contributed by atoms with Crippen molar-refractivity contribution in [2.75, 3.05) is 0 Å². The van der Waals surface area contributed by atoms with Crippen molar-refractivity contribution in [3.8, 4) is 0 Å². The number of halogens is 2. The zero-order chi connectivity index (χ0) is 14.6. The molecule has 1 fully saturated rings. The van der Waals surface area contributed by atoms with Crippen LogP contribution in [0.15, 0.2) is 22.7 Å². The average molecular weight is 343 g/mol. The minimum Gasteiger partial charge on any atom is -0.352 e. The molecule has 2 rings (SSSR count). The number of nitrogens with one attached hydrogen (secondary N) is 1. The molecule has 0 aliphatic heterocycles. The summed E-state index contributed by atoms with van der Waals surface area (Å²) in [5.41, 5.74) is 6.62.